The van der Waals surface area contributed by atoms with E-state index < -0.39 is 0 Å². The highest BCUT2D eigenvalue weighted by Gasteiger charge is 2.28. The highest BCUT2D eigenvalue weighted by atomic mass is 15.0. The van der Waals surface area contributed by atoms with Crippen LogP contribution in [-0.4, -0.2) is 20.6 Å². The molecule has 0 aliphatic carbocycles. The van der Waals surface area contributed by atoms with E-state index >= 15 is 0 Å². The van der Waals surface area contributed by atoms with Gasteiger partial charge in [-0.3, -0.25) is 0 Å². The van der Waals surface area contributed by atoms with Gasteiger partial charge in [-0.05, 0) is 80.3 Å². The number of fused-ring (bicyclic) bond motifs is 6. The summed E-state index contributed by atoms with van der Waals surface area (Å²) in [6, 6.07) is 42.3. The van der Waals surface area contributed by atoms with E-state index in [1.807, 2.05) is 0 Å². The topological polar surface area (TPSA) is 36.2 Å². The van der Waals surface area contributed by atoms with E-state index in [0.717, 1.165) is 78.2 Å². The molecule has 3 aliphatic heterocycles. The van der Waals surface area contributed by atoms with Crippen LogP contribution < -0.4 is 15.7 Å². The third-order valence-electron chi connectivity index (χ3n) is 10.9. The van der Waals surface area contributed by atoms with Crippen LogP contribution in [0.5, 0.6) is 0 Å². The minimum atomic E-state index is 0.929. The smallest absolute Gasteiger partial charge is 0.214 e. The Morgan fingerprint density at radius 2 is 0.944 bits per heavy atom. The van der Waals surface area contributed by atoms with Gasteiger partial charge < -0.3 is 9.13 Å². The average molecular weight is 700 g/mol. The van der Waals surface area contributed by atoms with Crippen molar-refractivity contribution in [1.29, 1.82) is 0 Å². The lowest BCUT2D eigenvalue weighted by Crippen LogP contribution is -2.69. The van der Waals surface area contributed by atoms with Crippen molar-refractivity contribution in [2.75, 3.05) is 0 Å². The van der Waals surface area contributed by atoms with Crippen LogP contribution in [0.3, 0.4) is 0 Å². The van der Waals surface area contributed by atoms with Crippen LogP contribution in [0.1, 0.15) is 55.8 Å². The van der Waals surface area contributed by atoms with Crippen molar-refractivity contribution in [2.24, 2.45) is 19.1 Å². The molecule has 2 aromatic heterocycles. The maximum atomic E-state index is 5.48. The molecule has 4 heteroatoms. The number of aryl methyl sites for hydroxylation is 5. The van der Waals surface area contributed by atoms with E-state index in [4.69, 9.17) is 4.99 Å². The highest BCUT2D eigenvalue weighted by Crippen LogP contribution is 2.36. The Hall–Kier alpha value is -6.52. The van der Waals surface area contributed by atoms with E-state index in [9.17, 15) is 0 Å². The maximum absolute atomic E-state index is 5.48. The Balaban J connectivity index is 1.45. The van der Waals surface area contributed by atoms with Crippen LogP contribution in [0.4, 0.5) is 0 Å². The van der Waals surface area contributed by atoms with Gasteiger partial charge in [0.05, 0.1) is 33.6 Å². The van der Waals surface area contributed by atoms with Crippen LogP contribution in [0.25, 0.3) is 22.3 Å². The molecule has 0 saturated carbocycles. The van der Waals surface area contributed by atoms with E-state index in [1.165, 1.54) is 33.4 Å². The summed E-state index contributed by atoms with van der Waals surface area (Å²) in [7, 11) is 4.36. The molecule has 0 unspecified atom stereocenters. The maximum Gasteiger partial charge on any atom is 0.214 e. The Labute approximate surface area is 317 Å². The Bertz CT molecular complexity index is 2800. The van der Waals surface area contributed by atoms with Crippen molar-refractivity contribution in [3.05, 3.63) is 224 Å². The summed E-state index contributed by atoms with van der Waals surface area (Å²) >= 11 is 0. The first-order valence-corrected chi connectivity index (χ1v) is 18.7. The molecule has 0 atom stereocenters. The predicted octanol–water partition coefficient (Wildman–Crippen LogP) is 7.33. The van der Waals surface area contributed by atoms with Gasteiger partial charge in [-0.1, -0.05) is 119 Å². The zero-order valence-electron chi connectivity index (χ0n) is 31.7. The number of nitrogens with zero attached hydrogens (tertiary/aromatic N) is 3. The first kappa shape index (κ1) is 33.3. The fourth-order valence-electron chi connectivity index (χ4n) is 7.94. The third kappa shape index (κ3) is 5.81. The Morgan fingerprint density at radius 3 is 1.50 bits per heavy atom. The molecule has 0 fully saturated rings. The second kappa shape index (κ2) is 13.2. The second-order valence-electron chi connectivity index (χ2n) is 14.9. The van der Waals surface area contributed by atoms with Crippen molar-refractivity contribution in [3.8, 4) is 0 Å². The van der Waals surface area contributed by atoms with E-state index in [2.05, 4.69) is 202 Å². The van der Waals surface area contributed by atoms with Gasteiger partial charge in [-0.2, -0.15) is 0 Å². The van der Waals surface area contributed by atoms with Crippen molar-refractivity contribution in [2.45, 2.75) is 27.7 Å². The molecule has 8 bridgehead atoms. The lowest BCUT2D eigenvalue weighted by Gasteiger charge is -2.12. The first-order valence-electron chi connectivity index (χ1n) is 18.7. The van der Waals surface area contributed by atoms with Crippen LogP contribution in [0.2, 0.25) is 0 Å². The first-order chi connectivity index (χ1) is 26.2. The standard InChI is InChI=1S/C50H42N4/c1-31-7-15-35(16-8-31)47-39-29-46(53(5)30-39)50(38-21-13-34(4)14-22-38)43-26-24-41(52-43)48(36-17-9-32(2)10-18-36)40-23-25-42(51-40)49(37-19-11-33(3)12-20-37)45-28-27-44(47)54(45)6/h7-30H,1-6H3/p+1. The lowest BCUT2D eigenvalue weighted by molar-refractivity contribution is -0.383. The summed E-state index contributed by atoms with van der Waals surface area (Å²) in [6.45, 7) is 8.56. The molecule has 4 nitrogen and oxygen atoms in total. The number of aromatic nitrogens is 2. The molecule has 262 valence electrons. The quantitative estimate of drug-likeness (QED) is 0.200. The molecular formula is C50H43N4+. The van der Waals surface area contributed by atoms with Gasteiger partial charge in [0.25, 0.3) is 0 Å². The molecule has 0 saturated heterocycles. The number of rotatable bonds is 4. The molecular weight excluding hydrogens is 657 g/mol. The average Bonchev–Trinajstić information content (AvgIpc) is 3.99. The molecule has 5 heterocycles. The SMILES string of the molecule is Cc1ccc(C2=C3C=CC(=[NH+]3)C(c3ccc(C)cc3)=c3ccc(n3C)=C(c3ccc(C)cc3)c3cc(n(C)c3)C(c3ccc(C)cc3)=C3C=CC2=N3)cc1. The van der Waals surface area contributed by atoms with E-state index in [1.54, 1.807) is 0 Å². The van der Waals surface area contributed by atoms with Gasteiger partial charge in [-0.25, -0.2) is 9.98 Å². The Morgan fingerprint density at radius 1 is 0.463 bits per heavy atom. The zero-order valence-corrected chi connectivity index (χ0v) is 31.7. The number of aliphatic imine (C=N–C) groups is 1. The van der Waals surface area contributed by atoms with Crippen LogP contribution in [-0.2, 0) is 14.1 Å². The molecule has 0 radical (unpaired) electrons. The summed E-state index contributed by atoms with van der Waals surface area (Å²) in [5.41, 5.74) is 20.2. The fourth-order valence-corrected chi connectivity index (χ4v) is 7.94. The third-order valence-corrected chi connectivity index (χ3v) is 10.9. The summed E-state index contributed by atoms with van der Waals surface area (Å²) in [4.78, 5) is 9.39. The van der Waals surface area contributed by atoms with Gasteiger partial charge in [0, 0.05) is 54.5 Å². The van der Waals surface area contributed by atoms with Crippen LogP contribution in [0, 0.1) is 27.7 Å². The second-order valence-corrected chi connectivity index (χ2v) is 14.9. The van der Waals surface area contributed by atoms with Gasteiger partial charge in [0.2, 0.25) is 11.4 Å². The lowest BCUT2D eigenvalue weighted by atomic mass is 9.96. The molecule has 1 N–H and O–H groups in total. The summed E-state index contributed by atoms with van der Waals surface area (Å²) in [5, 5.41) is 2.28. The molecule has 4 aromatic carbocycles. The van der Waals surface area contributed by atoms with Crippen molar-refractivity contribution < 1.29 is 4.99 Å². The number of allylic oxidation sites excluding steroid dienone is 5. The van der Waals surface area contributed by atoms with Gasteiger partial charge in [0.15, 0.2) is 0 Å². The van der Waals surface area contributed by atoms with Crippen molar-refractivity contribution in [3.63, 3.8) is 0 Å². The van der Waals surface area contributed by atoms with Gasteiger partial charge in [-0.15, -0.1) is 0 Å². The van der Waals surface area contributed by atoms with Crippen molar-refractivity contribution >= 4 is 33.7 Å². The number of nitrogens with one attached hydrogen (secondary N) is 1. The molecule has 9 rings (SSSR count). The minimum Gasteiger partial charge on any atom is -0.350 e. The largest absolute Gasteiger partial charge is 0.350 e. The van der Waals surface area contributed by atoms with Crippen molar-refractivity contribution in [1.82, 2.24) is 9.13 Å². The molecule has 0 spiro atoms. The normalized spacial score (nSPS) is 15.1. The number of benzene rings is 4. The number of hydrogen-bond donors (Lipinski definition) is 1. The summed E-state index contributed by atoms with van der Waals surface area (Å²) in [6.07, 6.45) is 11.1. The van der Waals surface area contributed by atoms with E-state index in [-0.39, 0.29) is 0 Å². The monoisotopic (exact) mass is 699 g/mol. The van der Waals surface area contributed by atoms with Gasteiger partial charge >= 0.3 is 0 Å². The molecule has 0 amide bonds. The van der Waals surface area contributed by atoms with E-state index in [0.29, 0.717) is 0 Å². The van der Waals surface area contributed by atoms with Crippen LogP contribution >= 0.6 is 0 Å². The zero-order chi connectivity index (χ0) is 37.1. The Kier molecular flexibility index (Phi) is 8.12. The van der Waals surface area contributed by atoms with Gasteiger partial charge in [0.1, 0.15) is 0 Å². The minimum absolute atomic E-state index is 0.929. The molecule has 6 aromatic rings. The predicted molar refractivity (Wildman–Crippen MR) is 224 cm³/mol. The highest BCUT2D eigenvalue weighted by molar-refractivity contribution is 6.33. The van der Waals surface area contributed by atoms with Crippen LogP contribution in [0.15, 0.2) is 162 Å². The number of hydrogen-bond acceptors (Lipinski definition) is 1. The summed E-state index contributed by atoms with van der Waals surface area (Å²) in [5.74, 6) is 0. The molecule has 3 aliphatic rings. The summed E-state index contributed by atoms with van der Waals surface area (Å²) < 4.78 is 4.63. The molecule has 54 heavy (non-hydrogen) atoms. The fraction of sp³-hybridized carbons (Fsp3) is 0.120.